The van der Waals surface area contributed by atoms with Gasteiger partial charge in [0, 0.05) is 23.7 Å². The molecule has 0 aliphatic carbocycles. The lowest BCUT2D eigenvalue weighted by Crippen LogP contribution is -2.37. The molecular weight excluding hydrogens is 410 g/mol. The number of imide groups is 1. The quantitative estimate of drug-likeness (QED) is 0.393. The maximum absolute atomic E-state index is 13.2. The zero-order valence-electron chi connectivity index (χ0n) is 16.2. The number of hydrogen-bond donors (Lipinski definition) is 0. The van der Waals surface area contributed by atoms with Gasteiger partial charge in [0.05, 0.1) is 16.7 Å². The lowest BCUT2D eigenvalue weighted by atomic mass is 9.90. The van der Waals surface area contributed by atoms with Gasteiger partial charge in [0.15, 0.2) is 6.10 Å². The van der Waals surface area contributed by atoms with E-state index in [2.05, 4.69) is 0 Å². The second-order valence-corrected chi connectivity index (χ2v) is 7.77. The maximum atomic E-state index is 13.2. The number of nitrogens with zero attached hydrogens (tertiary/aromatic N) is 3. The van der Waals surface area contributed by atoms with Crippen molar-refractivity contribution in [1.29, 1.82) is 0 Å². The molecule has 4 rings (SSSR count). The number of rotatable bonds is 6. The van der Waals surface area contributed by atoms with E-state index in [9.17, 15) is 19.7 Å². The van der Waals surface area contributed by atoms with E-state index >= 15 is 0 Å². The number of nitro benzene ring substituents is 1. The zero-order valence-corrected chi connectivity index (χ0v) is 17.0. The Labute approximate surface area is 178 Å². The van der Waals surface area contributed by atoms with Crippen LogP contribution in [-0.2, 0) is 14.4 Å². The average Bonchev–Trinajstić information content (AvgIpc) is 3.24. The number of fused-ring (bicyclic) bond motifs is 1. The van der Waals surface area contributed by atoms with Crippen LogP contribution in [0.4, 0.5) is 11.4 Å². The van der Waals surface area contributed by atoms with Gasteiger partial charge in [-0.15, -0.1) is 0 Å². The van der Waals surface area contributed by atoms with Crippen LogP contribution in [0.25, 0.3) is 0 Å². The number of nitro groups is 1. The minimum absolute atomic E-state index is 0.0911. The van der Waals surface area contributed by atoms with Gasteiger partial charge < -0.3 is 0 Å². The van der Waals surface area contributed by atoms with E-state index in [4.69, 9.17) is 16.4 Å². The van der Waals surface area contributed by atoms with Crippen LogP contribution in [0.2, 0.25) is 5.02 Å². The molecular formula is C21H20ClN3O5. The van der Waals surface area contributed by atoms with Crippen molar-refractivity contribution in [2.75, 3.05) is 11.6 Å². The fourth-order valence-electron chi connectivity index (χ4n) is 3.98. The number of halogens is 1. The molecule has 2 amide bonds. The molecule has 2 aromatic carbocycles. The van der Waals surface area contributed by atoms with E-state index in [-0.39, 0.29) is 17.5 Å². The molecule has 8 nitrogen and oxygen atoms in total. The topological polar surface area (TPSA) is 93.0 Å². The second kappa shape index (κ2) is 8.04. The van der Waals surface area contributed by atoms with Gasteiger partial charge in [0.2, 0.25) is 5.91 Å². The van der Waals surface area contributed by atoms with E-state index < -0.39 is 23.0 Å². The zero-order chi connectivity index (χ0) is 21.4. The second-order valence-electron chi connectivity index (χ2n) is 7.33. The molecule has 2 heterocycles. The van der Waals surface area contributed by atoms with Crippen molar-refractivity contribution in [3.05, 3.63) is 69.2 Å². The van der Waals surface area contributed by atoms with Crippen LogP contribution in [0.3, 0.4) is 0 Å². The Morgan fingerprint density at radius 2 is 1.87 bits per heavy atom. The fourth-order valence-corrected chi connectivity index (χ4v) is 4.11. The molecule has 2 aromatic rings. The van der Waals surface area contributed by atoms with Gasteiger partial charge in [0.25, 0.3) is 11.6 Å². The molecule has 0 radical (unpaired) electrons. The SMILES string of the molecule is CCCCN1C(=O)[C@H]2[C@H](ON(c3ccc(Cl)cc3)[C@H]2c2cccc([N+](=O)[O-])c2)C1=O. The van der Waals surface area contributed by atoms with E-state index in [1.54, 1.807) is 36.4 Å². The number of likely N-dealkylation sites (tertiary alicyclic amines) is 1. The number of anilines is 1. The van der Waals surface area contributed by atoms with Crippen LogP contribution in [-0.4, -0.2) is 34.3 Å². The summed E-state index contributed by atoms with van der Waals surface area (Å²) in [6.07, 6.45) is 0.590. The van der Waals surface area contributed by atoms with Crippen LogP contribution >= 0.6 is 11.6 Å². The Kier molecular flexibility index (Phi) is 5.44. The Balaban J connectivity index is 1.77. The number of unbranched alkanes of at least 4 members (excludes halogenated alkanes) is 1. The highest BCUT2D eigenvalue weighted by Gasteiger charge is 2.59. The molecule has 30 heavy (non-hydrogen) atoms. The van der Waals surface area contributed by atoms with Crippen molar-refractivity contribution in [2.45, 2.75) is 31.9 Å². The van der Waals surface area contributed by atoms with Crippen molar-refractivity contribution in [3.8, 4) is 0 Å². The van der Waals surface area contributed by atoms with Gasteiger partial charge in [-0.25, -0.2) is 5.06 Å². The standard InChI is InChI=1S/C21H20ClN3O5/c1-2-3-11-23-20(26)17-18(13-5-4-6-16(12-13)25(28)29)24(30-19(17)21(23)27)15-9-7-14(22)8-10-15/h4-10,12,17-19H,2-3,11H2,1H3/t17-,18+,19+/m1/s1. The highest BCUT2D eigenvalue weighted by atomic mass is 35.5. The van der Waals surface area contributed by atoms with E-state index in [1.165, 1.54) is 22.1 Å². The van der Waals surface area contributed by atoms with E-state index in [0.717, 1.165) is 6.42 Å². The first-order valence-electron chi connectivity index (χ1n) is 9.73. The summed E-state index contributed by atoms with van der Waals surface area (Å²) in [5.41, 5.74) is 1.04. The highest BCUT2D eigenvalue weighted by Crippen LogP contribution is 2.47. The summed E-state index contributed by atoms with van der Waals surface area (Å²) in [7, 11) is 0. The highest BCUT2D eigenvalue weighted by molar-refractivity contribution is 6.30. The van der Waals surface area contributed by atoms with Crippen molar-refractivity contribution in [1.82, 2.24) is 4.90 Å². The molecule has 2 fully saturated rings. The number of non-ortho nitro benzene ring substituents is 1. The van der Waals surface area contributed by atoms with Gasteiger partial charge in [0.1, 0.15) is 5.92 Å². The lowest BCUT2D eigenvalue weighted by Gasteiger charge is -2.28. The van der Waals surface area contributed by atoms with Crippen molar-refractivity contribution in [3.63, 3.8) is 0 Å². The summed E-state index contributed by atoms with van der Waals surface area (Å²) < 4.78 is 0. The minimum Gasteiger partial charge on any atom is -0.280 e. The predicted octanol–water partition coefficient (Wildman–Crippen LogP) is 3.89. The summed E-state index contributed by atoms with van der Waals surface area (Å²) in [4.78, 5) is 44.1. The summed E-state index contributed by atoms with van der Waals surface area (Å²) in [5, 5.41) is 13.3. The monoisotopic (exact) mass is 429 g/mol. The number of carbonyl (C=O) groups excluding carboxylic acids is 2. The Bertz CT molecular complexity index is 996. The third kappa shape index (κ3) is 3.42. The first kappa shape index (κ1) is 20.3. The molecule has 0 bridgehead atoms. The van der Waals surface area contributed by atoms with E-state index in [1.807, 2.05) is 6.92 Å². The van der Waals surface area contributed by atoms with Crippen LogP contribution in [0.1, 0.15) is 31.4 Å². The number of benzene rings is 2. The summed E-state index contributed by atoms with van der Waals surface area (Å²) in [6, 6.07) is 12.2. The van der Waals surface area contributed by atoms with Crippen LogP contribution in [0, 0.1) is 16.0 Å². The smallest absolute Gasteiger partial charge is 0.269 e. The van der Waals surface area contributed by atoms with Gasteiger partial charge in [-0.1, -0.05) is 37.1 Å². The van der Waals surface area contributed by atoms with Crippen LogP contribution in [0.5, 0.6) is 0 Å². The lowest BCUT2D eigenvalue weighted by molar-refractivity contribution is -0.384. The average molecular weight is 430 g/mol. The first-order chi connectivity index (χ1) is 14.4. The van der Waals surface area contributed by atoms with Gasteiger partial charge in [-0.2, -0.15) is 0 Å². The molecule has 0 saturated carbocycles. The minimum atomic E-state index is -0.964. The molecule has 2 aliphatic heterocycles. The molecule has 3 atom stereocenters. The normalized spacial score (nSPS) is 23.2. The first-order valence-corrected chi connectivity index (χ1v) is 10.1. The predicted molar refractivity (Wildman–Crippen MR) is 110 cm³/mol. The number of hydroxylamine groups is 1. The molecule has 0 unspecified atom stereocenters. The summed E-state index contributed by atoms with van der Waals surface area (Å²) in [5.74, 6) is -1.47. The molecule has 2 saturated heterocycles. The number of hydrogen-bond acceptors (Lipinski definition) is 6. The molecule has 9 heteroatoms. The summed E-state index contributed by atoms with van der Waals surface area (Å²) >= 11 is 5.99. The molecule has 0 spiro atoms. The third-order valence-corrected chi connectivity index (χ3v) is 5.70. The van der Waals surface area contributed by atoms with Crippen LogP contribution < -0.4 is 5.06 Å². The maximum Gasteiger partial charge on any atom is 0.269 e. The number of amides is 2. The molecule has 0 N–H and O–H groups in total. The molecule has 2 aliphatic rings. The largest absolute Gasteiger partial charge is 0.280 e. The van der Waals surface area contributed by atoms with Gasteiger partial charge in [-0.3, -0.25) is 29.4 Å². The van der Waals surface area contributed by atoms with Gasteiger partial charge >= 0.3 is 0 Å². The Hall–Kier alpha value is -2.97. The number of carbonyl (C=O) groups is 2. The Morgan fingerprint density at radius 1 is 1.13 bits per heavy atom. The third-order valence-electron chi connectivity index (χ3n) is 5.45. The molecule has 156 valence electrons. The van der Waals surface area contributed by atoms with E-state index in [0.29, 0.717) is 29.2 Å². The van der Waals surface area contributed by atoms with Crippen molar-refractivity contribution < 1.29 is 19.3 Å². The van der Waals surface area contributed by atoms with Crippen molar-refractivity contribution >= 4 is 34.8 Å². The summed E-state index contributed by atoms with van der Waals surface area (Å²) in [6.45, 7) is 2.32. The fraction of sp³-hybridized carbons (Fsp3) is 0.333. The van der Waals surface area contributed by atoms with Crippen LogP contribution in [0.15, 0.2) is 48.5 Å². The van der Waals surface area contributed by atoms with Crippen molar-refractivity contribution in [2.24, 2.45) is 5.92 Å². The Morgan fingerprint density at radius 3 is 2.53 bits per heavy atom. The molecule has 0 aromatic heterocycles. The van der Waals surface area contributed by atoms with Gasteiger partial charge in [-0.05, 0) is 36.2 Å².